The number of alkyl halides is 2. The zero-order valence-electron chi connectivity index (χ0n) is 15.6. The summed E-state index contributed by atoms with van der Waals surface area (Å²) in [4.78, 5) is 35.9. The van der Waals surface area contributed by atoms with Crippen LogP contribution in [0.1, 0.15) is 20.9 Å². The van der Waals surface area contributed by atoms with Crippen molar-refractivity contribution in [2.45, 2.75) is 6.61 Å². The smallest absolute Gasteiger partial charge is 0.387 e. The number of nitrogens with one attached hydrogen (secondary N) is 1. The molecule has 1 aromatic heterocycles. The molecule has 31 heavy (non-hydrogen) atoms. The molecule has 1 heterocycles. The number of carbonyl (C=O) groups excluding carboxylic acids is 3. The Hall–Kier alpha value is -3.72. The van der Waals surface area contributed by atoms with E-state index in [2.05, 4.69) is 4.74 Å². The van der Waals surface area contributed by atoms with Gasteiger partial charge in [-0.25, -0.2) is 4.79 Å². The van der Waals surface area contributed by atoms with Gasteiger partial charge in [0.15, 0.2) is 6.61 Å². The molecule has 2 aromatic carbocycles. The zero-order valence-corrected chi connectivity index (χ0v) is 16.4. The molecule has 160 valence electrons. The van der Waals surface area contributed by atoms with Crippen LogP contribution in [0, 0.1) is 0 Å². The number of rotatable bonds is 7. The molecule has 0 aliphatic carbocycles. The van der Waals surface area contributed by atoms with E-state index in [4.69, 9.17) is 20.8 Å². The highest BCUT2D eigenvalue weighted by Crippen LogP contribution is 2.29. The summed E-state index contributed by atoms with van der Waals surface area (Å²) >= 11 is 6.08. The maximum atomic E-state index is 12.1. The molecule has 0 saturated heterocycles. The van der Waals surface area contributed by atoms with Crippen molar-refractivity contribution in [1.82, 2.24) is 5.32 Å². The van der Waals surface area contributed by atoms with Gasteiger partial charge >= 0.3 is 12.6 Å². The molecule has 10 heteroatoms. The lowest BCUT2D eigenvalue weighted by Gasteiger charge is -2.07. The lowest BCUT2D eigenvalue weighted by Crippen LogP contribution is -2.34. The van der Waals surface area contributed by atoms with Gasteiger partial charge in [-0.2, -0.15) is 8.78 Å². The number of amides is 2. The SMILES string of the molecule is O=C(COC(=O)c1ccc(-c2ccccc2Cl)o1)NC(=O)c1ccc(OC(F)F)cc1. The Labute approximate surface area is 179 Å². The largest absolute Gasteiger partial charge is 0.450 e. The van der Waals surface area contributed by atoms with Gasteiger partial charge in [-0.05, 0) is 48.5 Å². The molecule has 7 nitrogen and oxygen atoms in total. The van der Waals surface area contributed by atoms with Crippen LogP contribution >= 0.6 is 11.6 Å². The van der Waals surface area contributed by atoms with E-state index in [1.165, 1.54) is 24.3 Å². The van der Waals surface area contributed by atoms with Crippen LogP contribution in [0.4, 0.5) is 8.78 Å². The van der Waals surface area contributed by atoms with Crippen LogP contribution in [0.2, 0.25) is 5.02 Å². The molecule has 0 spiro atoms. The van der Waals surface area contributed by atoms with E-state index < -0.39 is 31.0 Å². The van der Waals surface area contributed by atoms with E-state index in [1.54, 1.807) is 24.3 Å². The van der Waals surface area contributed by atoms with Gasteiger partial charge < -0.3 is 13.9 Å². The molecular formula is C21H14ClF2NO6. The number of imide groups is 1. The van der Waals surface area contributed by atoms with Crippen molar-refractivity contribution in [1.29, 1.82) is 0 Å². The van der Waals surface area contributed by atoms with Crippen molar-refractivity contribution in [3.8, 4) is 17.1 Å². The quantitative estimate of drug-likeness (QED) is 0.540. The summed E-state index contributed by atoms with van der Waals surface area (Å²) in [7, 11) is 0. The number of furan rings is 1. The third-order valence-electron chi connectivity index (χ3n) is 3.88. The summed E-state index contributed by atoms with van der Waals surface area (Å²) in [5.41, 5.74) is 0.605. The second-order valence-electron chi connectivity index (χ2n) is 6.00. The molecule has 0 atom stereocenters. The van der Waals surface area contributed by atoms with Crippen LogP contribution in [0.25, 0.3) is 11.3 Å². The van der Waals surface area contributed by atoms with Crippen molar-refractivity contribution in [2.75, 3.05) is 6.61 Å². The third-order valence-corrected chi connectivity index (χ3v) is 4.21. The normalized spacial score (nSPS) is 10.6. The fourth-order valence-electron chi connectivity index (χ4n) is 2.48. The summed E-state index contributed by atoms with van der Waals surface area (Å²) in [5, 5.41) is 2.44. The minimum atomic E-state index is -2.99. The molecule has 1 N–H and O–H groups in total. The first kappa shape index (κ1) is 22.0. The van der Waals surface area contributed by atoms with Crippen molar-refractivity contribution in [3.05, 3.63) is 77.0 Å². The number of benzene rings is 2. The maximum absolute atomic E-state index is 12.1. The third kappa shape index (κ3) is 5.89. The molecule has 0 radical (unpaired) electrons. The second kappa shape index (κ2) is 9.86. The molecule has 0 aliphatic rings. The molecule has 3 rings (SSSR count). The van der Waals surface area contributed by atoms with Crippen LogP contribution < -0.4 is 10.1 Å². The molecule has 0 saturated carbocycles. The molecule has 0 aliphatic heterocycles. The average Bonchev–Trinajstić information content (AvgIpc) is 3.22. The number of halogens is 3. The van der Waals surface area contributed by atoms with Crippen molar-refractivity contribution in [2.24, 2.45) is 0 Å². The predicted octanol–water partition coefficient (Wildman–Crippen LogP) is 4.31. The number of esters is 1. The molecule has 2 amide bonds. The van der Waals surface area contributed by atoms with Crippen LogP contribution in [0.3, 0.4) is 0 Å². The van der Waals surface area contributed by atoms with Crippen molar-refractivity contribution < 1.29 is 37.1 Å². The first-order chi connectivity index (χ1) is 14.8. The highest BCUT2D eigenvalue weighted by atomic mass is 35.5. The molecule has 0 unspecified atom stereocenters. The van der Waals surface area contributed by atoms with Gasteiger partial charge in [0.1, 0.15) is 11.5 Å². The fourth-order valence-corrected chi connectivity index (χ4v) is 2.71. The lowest BCUT2D eigenvalue weighted by molar-refractivity contribution is -0.123. The van der Waals surface area contributed by atoms with Crippen LogP contribution in [-0.2, 0) is 9.53 Å². The van der Waals surface area contributed by atoms with E-state index in [0.29, 0.717) is 16.3 Å². The minimum Gasteiger partial charge on any atom is -0.450 e. The molecule has 3 aromatic rings. The van der Waals surface area contributed by atoms with Crippen molar-refractivity contribution in [3.63, 3.8) is 0 Å². The van der Waals surface area contributed by atoms with Gasteiger partial charge in [0, 0.05) is 11.1 Å². The van der Waals surface area contributed by atoms with Gasteiger partial charge in [0.25, 0.3) is 11.8 Å². The number of hydrogen-bond donors (Lipinski definition) is 1. The van der Waals surface area contributed by atoms with Crippen LogP contribution in [-0.4, -0.2) is 31.0 Å². The van der Waals surface area contributed by atoms with Crippen LogP contribution in [0.15, 0.2) is 65.1 Å². The van der Waals surface area contributed by atoms with E-state index in [9.17, 15) is 23.2 Å². The highest BCUT2D eigenvalue weighted by Gasteiger charge is 2.18. The molecular weight excluding hydrogens is 436 g/mol. The van der Waals surface area contributed by atoms with E-state index in [1.807, 2.05) is 5.32 Å². The summed E-state index contributed by atoms with van der Waals surface area (Å²) < 4.78 is 38.7. The van der Waals surface area contributed by atoms with Crippen LogP contribution in [0.5, 0.6) is 5.75 Å². The van der Waals surface area contributed by atoms with Crippen molar-refractivity contribution >= 4 is 29.4 Å². The first-order valence-corrected chi connectivity index (χ1v) is 9.12. The minimum absolute atomic E-state index is 0.0247. The first-order valence-electron chi connectivity index (χ1n) is 8.74. The Balaban J connectivity index is 1.52. The summed E-state index contributed by atoms with van der Waals surface area (Å²) in [6.07, 6.45) is 0. The highest BCUT2D eigenvalue weighted by molar-refractivity contribution is 6.33. The summed E-state index contributed by atoms with van der Waals surface area (Å²) in [6.45, 7) is -3.73. The lowest BCUT2D eigenvalue weighted by atomic mass is 10.2. The number of ether oxygens (including phenoxy) is 2. The zero-order chi connectivity index (χ0) is 22.4. The second-order valence-corrected chi connectivity index (χ2v) is 6.41. The Kier molecular flexibility index (Phi) is 6.99. The fraction of sp³-hybridized carbons (Fsp3) is 0.0952. The topological polar surface area (TPSA) is 94.8 Å². The number of carbonyl (C=O) groups is 3. The Morgan fingerprint density at radius 3 is 2.39 bits per heavy atom. The summed E-state index contributed by atoms with van der Waals surface area (Å²) in [5.74, 6) is -2.54. The maximum Gasteiger partial charge on any atom is 0.387 e. The monoisotopic (exact) mass is 449 g/mol. The predicted molar refractivity (Wildman–Crippen MR) is 105 cm³/mol. The molecule has 0 fully saturated rings. The Bertz CT molecular complexity index is 1100. The average molecular weight is 450 g/mol. The van der Waals surface area contributed by atoms with E-state index in [-0.39, 0.29) is 17.1 Å². The van der Waals surface area contributed by atoms with Gasteiger partial charge in [-0.1, -0.05) is 23.7 Å². The number of hydrogen-bond acceptors (Lipinski definition) is 6. The van der Waals surface area contributed by atoms with E-state index >= 15 is 0 Å². The summed E-state index contributed by atoms with van der Waals surface area (Å²) in [6, 6.07) is 14.5. The van der Waals surface area contributed by atoms with E-state index in [0.717, 1.165) is 12.1 Å². The Morgan fingerprint density at radius 1 is 1.00 bits per heavy atom. The van der Waals surface area contributed by atoms with Gasteiger partial charge in [0.05, 0.1) is 5.02 Å². The van der Waals surface area contributed by atoms with Gasteiger partial charge in [0.2, 0.25) is 5.76 Å². The Morgan fingerprint density at radius 2 is 1.71 bits per heavy atom. The van der Waals surface area contributed by atoms with Gasteiger partial charge in [-0.15, -0.1) is 0 Å². The standard InChI is InChI=1S/C21H14ClF2NO6/c22-15-4-2-1-3-14(15)16-9-10-17(31-16)20(28)29-11-18(26)25-19(27)12-5-7-13(8-6-12)30-21(23)24/h1-10,21H,11H2,(H,25,26,27). The molecule has 0 bridgehead atoms. The van der Waals surface area contributed by atoms with Gasteiger partial charge in [-0.3, -0.25) is 14.9 Å².